The van der Waals surface area contributed by atoms with Crippen LogP contribution in [-0.2, 0) is 30.7 Å². The zero-order chi connectivity index (χ0) is 16.7. The molecule has 1 aliphatic heterocycles. The predicted octanol–water partition coefficient (Wildman–Crippen LogP) is 2.53. The summed E-state index contributed by atoms with van der Waals surface area (Å²) in [6.07, 6.45) is 3.26. The van der Waals surface area contributed by atoms with Gasteiger partial charge in [0, 0.05) is 38.3 Å². The number of amides is 1. The van der Waals surface area contributed by atoms with Gasteiger partial charge in [0.1, 0.15) is 17.3 Å². The zero-order valence-electron chi connectivity index (χ0n) is 14.4. The van der Waals surface area contributed by atoms with Crippen LogP contribution in [0.4, 0.5) is 0 Å². The molecule has 1 aliphatic carbocycles. The second-order valence-electron chi connectivity index (χ2n) is 6.98. The number of fused-ring (bicyclic) bond motifs is 1. The number of hydrogen-bond donors (Lipinski definition) is 0. The summed E-state index contributed by atoms with van der Waals surface area (Å²) in [5, 5.41) is 8.41. The normalized spacial score (nSPS) is 22.5. The summed E-state index contributed by atoms with van der Waals surface area (Å²) in [6.45, 7) is 6.42. The fourth-order valence-corrected chi connectivity index (χ4v) is 3.53. The molecule has 2 atom stereocenters. The van der Waals surface area contributed by atoms with Crippen LogP contribution in [0.5, 0.6) is 0 Å². The molecule has 4 rings (SSSR count). The van der Waals surface area contributed by atoms with Crippen molar-refractivity contribution in [2.75, 3.05) is 6.54 Å². The van der Waals surface area contributed by atoms with Crippen molar-refractivity contribution < 1.29 is 9.21 Å². The Morgan fingerprint density at radius 3 is 2.92 bits per heavy atom. The number of hydrogen-bond acceptors (Lipinski definition) is 4. The van der Waals surface area contributed by atoms with Gasteiger partial charge in [-0.05, 0) is 24.5 Å². The molecule has 6 nitrogen and oxygen atoms in total. The van der Waals surface area contributed by atoms with Gasteiger partial charge in [0.2, 0.25) is 5.91 Å². The monoisotopic (exact) mass is 328 g/mol. The molecule has 6 heteroatoms. The van der Waals surface area contributed by atoms with Crippen LogP contribution < -0.4 is 0 Å². The first-order valence-electron chi connectivity index (χ1n) is 8.93. The quantitative estimate of drug-likeness (QED) is 0.846. The molecule has 0 saturated heterocycles. The summed E-state index contributed by atoms with van der Waals surface area (Å²) >= 11 is 0. The highest BCUT2D eigenvalue weighted by Crippen LogP contribution is 2.47. The molecule has 0 bridgehead atoms. The van der Waals surface area contributed by atoms with Gasteiger partial charge in [-0.15, -0.1) is 10.2 Å². The van der Waals surface area contributed by atoms with Gasteiger partial charge in [-0.1, -0.05) is 13.8 Å². The van der Waals surface area contributed by atoms with Gasteiger partial charge >= 0.3 is 0 Å². The summed E-state index contributed by atoms with van der Waals surface area (Å²) in [4.78, 5) is 14.4. The van der Waals surface area contributed by atoms with Crippen molar-refractivity contribution in [3.05, 3.63) is 35.3 Å². The van der Waals surface area contributed by atoms with Crippen molar-refractivity contribution in [1.29, 1.82) is 0 Å². The summed E-state index contributed by atoms with van der Waals surface area (Å²) in [7, 11) is 0. The Hall–Kier alpha value is -2.11. The standard InChI is InChI=1S/C18H24N4O2/c1-3-16-19-20-17-11-21(8-9-22(16)17)18(23)7-5-13-4-6-15(24-13)14-10-12(14)2/h4,6,12,14H,3,5,7-11H2,1-2H3/t12-,14+/m1/s1. The molecule has 2 aliphatic rings. The van der Waals surface area contributed by atoms with Crippen molar-refractivity contribution in [1.82, 2.24) is 19.7 Å². The van der Waals surface area contributed by atoms with Crippen LogP contribution in [0, 0.1) is 5.92 Å². The van der Waals surface area contributed by atoms with Gasteiger partial charge in [-0.2, -0.15) is 0 Å². The maximum Gasteiger partial charge on any atom is 0.223 e. The predicted molar refractivity (Wildman–Crippen MR) is 88.4 cm³/mol. The molecule has 0 spiro atoms. The number of aromatic nitrogens is 3. The Morgan fingerprint density at radius 2 is 2.17 bits per heavy atom. The largest absolute Gasteiger partial charge is 0.466 e. The highest BCUT2D eigenvalue weighted by atomic mass is 16.3. The molecule has 0 radical (unpaired) electrons. The number of carbonyl (C=O) groups excluding carboxylic acids is 1. The third kappa shape index (κ3) is 2.85. The van der Waals surface area contributed by atoms with Crippen molar-refractivity contribution in [3.8, 4) is 0 Å². The van der Waals surface area contributed by atoms with E-state index in [0.29, 0.717) is 25.3 Å². The first-order valence-corrected chi connectivity index (χ1v) is 8.93. The van der Waals surface area contributed by atoms with Crippen LogP contribution in [0.1, 0.15) is 55.8 Å². The molecular weight excluding hydrogens is 304 g/mol. The average molecular weight is 328 g/mol. The van der Waals surface area contributed by atoms with Crippen molar-refractivity contribution in [2.45, 2.75) is 58.5 Å². The van der Waals surface area contributed by atoms with Gasteiger partial charge in [0.05, 0.1) is 6.54 Å². The van der Waals surface area contributed by atoms with Crippen molar-refractivity contribution >= 4 is 5.91 Å². The van der Waals surface area contributed by atoms with E-state index in [1.807, 2.05) is 11.0 Å². The fraction of sp³-hybridized carbons (Fsp3) is 0.611. The van der Waals surface area contributed by atoms with E-state index < -0.39 is 0 Å². The smallest absolute Gasteiger partial charge is 0.223 e. The van der Waals surface area contributed by atoms with Gasteiger partial charge in [0.25, 0.3) is 0 Å². The van der Waals surface area contributed by atoms with E-state index in [9.17, 15) is 4.79 Å². The van der Waals surface area contributed by atoms with E-state index in [4.69, 9.17) is 4.42 Å². The maximum absolute atomic E-state index is 12.5. The minimum atomic E-state index is 0.167. The number of rotatable bonds is 5. The number of aryl methyl sites for hydroxylation is 2. The first kappa shape index (κ1) is 15.4. The number of nitrogens with zero attached hydrogens (tertiary/aromatic N) is 4. The summed E-state index contributed by atoms with van der Waals surface area (Å²) in [5.74, 6) is 5.41. The van der Waals surface area contributed by atoms with E-state index >= 15 is 0 Å². The van der Waals surface area contributed by atoms with E-state index in [-0.39, 0.29) is 5.91 Å². The highest BCUT2D eigenvalue weighted by Gasteiger charge is 2.36. The first-order chi connectivity index (χ1) is 11.7. The SMILES string of the molecule is CCc1nnc2n1CCN(C(=O)CCc1ccc([C@H]3C[C@H]3C)o1)C2. The van der Waals surface area contributed by atoms with Crippen molar-refractivity contribution in [2.24, 2.45) is 5.92 Å². The minimum Gasteiger partial charge on any atom is -0.466 e. The molecule has 1 amide bonds. The second kappa shape index (κ2) is 6.07. The molecule has 24 heavy (non-hydrogen) atoms. The topological polar surface area (TPSA) is 64.2 Å². The molecule has 2 aromatic heterocycles. The van der Waals surface area contributed by atoms with Crippen LogP contribution in [0.25, 0.3) is 0 Å². The Balaban J connectivity index is 1.32. The summed E-state index contributed by atoms with van der Waals surface area (Å²) < 4.78 is 8.03. The van der Waals surface area contributed by atoms with Gasteiger partial charge in [-0.3, -0.25) is 4.79 Å². The second-order valence-corrected chi connectivity index (χ2v) is 6.98. The lowest BCUT2D eigenvalue weighted by molar-refractivity contribution is -0.132. The minimum absolute atomic E-state index is 0.167. The summed E-state index contributed by atoms with van der Waals surface area (Å²) in [6, 6.07) is 4.09. The molecular formula is C18H24N4O2. The third-order valence-corrected chi connectivity index (χ3v) is 5.24. The fourth-order valence-electron chi connectivity index (χ4n) is 3.53. The van der Waals surface area contributed by atoms with Crippen LogP contribution in [-0.4, -0.2) is 32.1 Å². The molecule has 0 aromatic carbocycles. The summed E-state index contributed by atoms with van der Waals surface area (Å²) in [5.41, 5.74) is 0. The van der Waals surface area contributed by atoms with Gasteiger partial charge in [0.15, 0.2) is 5.82 Å². The number of carbonyl (C=O) groups is 1. The molecule has 1 fully saturated rings. The van der Waals surface area contributed by atoms with Crippen molar-refractivity contribution in [3.63, 3.8) is 0 Å². The lowest BCUT2D eigenvalue weighted by atomic mass is 10.2. The number of furan rings is 1. The zero-order valence-corrected chi connectivity index (χ0v) is 14.4. The molecule has 2 aromatic rings. The lowest BCUT2D eigenvalue weighted by Crippen LogP contribution is -2.38. The van der Waals surface area contributed by atoms with Crippen LogP contribution in [0.3, 0.4) is 0 Å². The van der Waals surface area contributed by atoms with Gasteiger partial charge in [-0.25, -0.2) is 0 Å². The highest BCUT2D eigenvalue weighted by molar-refractivity contribution is 5.76. The van der Waals surface area contributed by atoms with Crippen LogP contribution >= 0.6 is 0 Å². The Bertz CT molecular complexity index is 748. The lowest BCUT2D eigenvalue weighted by Gasteiger charge is -2.27. The van der Waals surface area contributed by atoms with E-state index in [2.05, 4.69) is 34.7 Å². The molecule has 3 heterocycles. The van der Waals surface area contributed by atoms with Gasteiger partial charge < -0.3 is 13.9 Å². The Labute approximate surface area is 141 Å². The van der Waals surface area contributed by atoms with E-state index in [1.54, 1.807) is 0 Å². The molecule has 0 N–H and O–H groups in total. The third-order valence-electron chi connectivity index (χ3n) is 5.24. The van der Waals surface area contributed by atoms with E-state index in [1.165, 1.54) is 6.42 Å². The molecule has 128 valence electrons. The Morgan fingerprint density at radius 1 is 1.33 bits per heavy atom. The maximum atomic E-state index is 12.5. The van der Waals surface area contributed by atoms with Crippen LogP contribution in [0.2, 0.25) is 0 Å². The van der Waals surface area contributed by atoms with Crippen LogP contribution in [0.15, 0.2) is 16.5 Å². The van der Waals surface area contributed by atoms with E-state index in [0.717, 1.165) is 48.6 Å². The average Bonchev–Trinajstić information content (AvgIpc) is 3.03. The Kier molecular flexibility index (Phi) is 3.90. The molecule has 0 unspecified atom stereocenters. The molecule has 1 saturated carbocycles.